The molecule has 0 aromatic rings. The molecule has 0 saturated heterocycles. The molecule has 3 N–H and O–H groups in total. The highest BCUT2D eigenvalue weighted by molar-refractivity contribution is 7.47. The Balaban J connectivity index is 4.09. The van der Waals surface area contributed by atoms with Gasteiger partial charge in [-0.2, -0.15) is 0 Å². The molecule has 2 unspecified atom stereocenters. The van der Waals surface area contributed by atoms with Gasteiger partial charge in [0.2, 0.25) is 0 Å². The van der Waals surface area contributed by atoms with Crippen molar-refractivity contribution in [3.8, 4) is 0 Å². The highest BCUT2D eigenvalue weighted by atomic mass is 31.2. The number of hydrogen-bond donors (Lipinski definition) is 2. The van der Waals surface area contributed by atoms with Gasteiger partial charge in [-0.3, -0.25) is 18.6 Å². The van der Waals surface area contributed by atoms with Crippen molar-refractivity contribution in [3.63, 3.8) is 0 Å². The molecule has 0 bridgehead atoms. The Labute approximate surface area is 369 Å². The summed E-state index contributed by atoms with van der Waals surface area (Å²) in [5, 5.41) is 0. The van der Waals surface area contributed by atoms with E-state index >= 15 is 0 Å². The Kier molecular flexibility index (Phi) is 45.3. The monoisotopic (exact) mass is 868 g/mol. The molecule has 0 radical (unpaired) electrons. The number of carbonyl (C=O) groups is 2. The number of phosphoric acid groups is 1. The molecule has 0 aliphatic carbocycles. The lowest BCUT2D eigenvalue weighted by atomic mass is 10.0. The first kappa shape index (κ1) is 58.2. The molecule has 0 aliphatic rings. The lowest BCUT2D eigenvalue weighted by molar-refractivity contribution is -0.161. The number of unbranched alkanes of at least 4 members (excludes halogenated alkanes) is 28. The maximum Gasteiger partial charge on any atom is 0.472 e. The van der Waals surface area contributed by atoms with E-state index in [9.17, 15) is 19.0 Å². The molecule has 0 fully saturated rings. The van der Waals surface area contributed by atoms with Gasteiger partial charge in [0.1, 0.15) is 6.61 Å². The van der Waals surface area contributed by atoms with E-state index in [2.05, 4.69) is 50.3 Å². The molecule has 9 nitrogen and oxygen atoms in total. The summed E-state index contributed by atoms with van der Waals surface area (Å²) in [5.41, 5.74) is 5.36. The number of hydrogen-bond acceptors (Lipinski definition) is 8. The molecule has 0 aromatic carbocycles. The molecule has 0 spiro atoms. The number of carbonyl (C=O) groups excluding carboxylic acids is 2. The normalized spacial score (nSPS) is 13.5. The van der Waals surface area contributed by atoms with Gasteiger partial charge < -0.3 is 20.1 Å². The maximum absolute atomic E-state index is 12.6. The van der Waals surface area contributed by atoms with E-state index in [4.69, 9.17) is 24.3 Å². The van der Waals surface area contributed by atoms with Gasteiger partial charge in [0.15, 0.2) is 6.10 Å². The molecule has 0 heterocycles. The van der Waals surface area contributed by atoms with E-state index in [0.29, 0.717) is 6.42 Å². The van der Waals surface area contributed by atoms with Gasteiger partial charge >= 0.3 is 19.8 Å². The van der Waals surface area contributed by atoms with Crippen LogP contribution in [0.1, 0.15) is 239 Å². The van der Waals surface area contributed by atoms with Crippen LogP contribution in [0.3, 0.4) is 0 Å². The second kappa shape index (κ2) is 46.7. The van der Waals surface area contributed by atoms with Crippen molar-refractivity contribution in [3.05, 3.63) is 36.5 Å². The summed E-state index contributed by atoms with van der Waals surface area (Å²) < 4.78 is 32.9. The minimum Gasteiger partial charge on any atom is -0.462 e. The Hall–Kier alpha value is -1.77. The summed E-state index contributed by atoms with van der Waals surface area (Å²) in [6.07, 6.45) is 53.2. The summed E-state index contributed by atoms with van der Waals surface area (Å²) in [6, 6.07) is 0. The minimum atomic E-state index is -4.38. The lowest BCUT2D eigenvalue weighted by Crippen LogP contribution is -2.29. The third kappa shape index (κ3) is 45.7. The highest BCUT2D eigenvalue weighted by Crippen LogP contribution is 2.43. The largest absolute Gasteiger partial charge is 0.472 e. The zero-order chi connectivity index (χ0) is 43.9. The number of ether oxygens (including phenoxy) is 2. The molecule has 2 atom stereocenters. The summed E-state index contributed by atoms with van der Waals surface area (Å²) in [5.74, 6) is -0.833. The summed E-state index contributed by atoms with van der Waals surface area (Å²) in [4.78, 5) is 35.0. The van der Waals surface area contributed by atoms with Crippen molar-refractivity contribution in [1.29, 1.82) is 0 Å². The standard InChI is InChI=1S/C50H94NO8P/c1-3-5-7-9-11-13-15-17-19-21-23-24-25-27-29-31-33-35-37-39-41-43-50(53)59-48(47-58-60(54,55)57-45-44-51)46-56-49(52)42-40-38-36-34-32-30-28-26-22-20-18-16-14-12-10-8-6-4-2/h15,17,21,23,25,27,48H,3-14,16,18-20,22,24,26,28-47,51H2,1-2H3,(H,54,55)/b17-15-,23-21-,27-25-. The number of phosphoric ester groups is 1. The molecule has 0 aliphatic heterocycles. The molecular formula is C50H94NO8P. The molecule has 0 saturated carbocycles. The Morgan fingerprint density at radius 1 is 0.500 bits per heavy atom. The van der Waals surface area contributed by atoms with Gasteiger partial charge in [-0.25, -0.2) is 4.57 Å². The third-order valence-electron chi connectivity index (χ3n) is 10.8. The van der Waals surface area contributed by atoms with E-state index in [1.165, 1.54) is 135 Å². The minimum absolute atomic E-state index is 0.0517. The zero-order valence-corrected chi connectivity index (χ0v) is 39.8. The molecule has 0 amide bonds. The van der Waals surface area contributed by atoms with E-state index in [1.807, 2.05) is 0 Å². The summed E-state index contributed by atoms with van der Waals surface area (Å²) in [7, 11) is -4.38. The average Bonchev–Trinajstić information content (AvgIpc) is 3.24. The first-order valence-electron chi connectivity index (χ1n) is 25.0. The van der Waals surface area contributed by atoms with E-state index in [-0.39, 0.29) is 38.6 Å². The van der Waals surface area contributed by atoms with Crippen LogP contribution in [0, 0.1) is 0 Å². The van der Waals surface area contributed by atoms with E-state index in [1.54, 1.807) is 0 Å². The fourth-order valence-electron chi connectivity index (χ4n) is 7.05. The van der Waals surface area contributed by atoms with Crippen molar-refractivity contribution >= 4 is 19.8 Å². The molecule has 0 aromatic heterocycles. The topological polar surface area (TPSA) is 134 Å². The Bertz CT molecular complexity index is 1080. The SMILES string of the molecule is CCCCCCC/C=C\C/C=C\C/C=C\CCCCCCCCC(=O)OC(COC(=O)CCCCCCCCCCCCCCCCCCCC)COP(=O)(O)OCCN. The molecule has 352 valence electrons. The van der Waals surface area contributed by atoms with Crippen LogP contribution in [0.2, 0.25) is 0 Å². The van der Waals surface area contributed by atoms with Crippen LogP contribution in [-0.4, -0.2) is 49.3 Å². The third-order valence-corrected chi connectivity index (χ3v) is 11.8. The van der Waals surface area contributed by atoms with Gasteiger partial charge in [-0.1, -0.05) is 211 Å². The van der Waals surface area contributed by atoms with Crippen LogP contribution in [0.25, 0.3) is 0 Å². The van der Waals surface area contributed by atoms with Crippen LogP contribution in [0.5, 0.6) is 0 Å². The molecule has 60 heavy (non-hydrogen) atoms. The van der Waals surface area contributed by atoms with Crippen LogP contribution in [0.4, 0.5) is 0 Å². The number of nitrogens with two attached hydrogens (primary N) is 1. The highest BCUT2D eigenvalue weighted by Gasteiger charge is 2.26. The Morgan fingerprint density at radius 2 is 0.867 bits per heavy atom. The first-order chi connectivity index (χ1) is 29.3. The number of allylic oxidation sites excluding steroid dienone is 6. The van der Waals surface area contributed by atoms with Crippen molar-refractivity contribution in [2.24, 2.45) is 5.73 Å². The number of esters is 2. The van der Waals surface area contributed by atoms with E-state index < -0.39 is 26.5 Å². The summed E-state index contributed by atoms with van der Waals surface area (Å²) >= 11 is 0. The quantitative estimate of drug-likeness (QED) is 0.0265. The molecular weight excluding hydrogens is 774 g/mol. The molecule has 10 heteroatoms. The Morgan fingerprint density at radius 3 is 1.28 bits per heavy atom. The van der Waals surface area contributed by atoms with Crippen LogP contribution >= 0.6 is 7.82 Å². The predicted octanol–water partition coefficient (Wildman–Crippen LogP) is 14.9. The maximum atomic E-state index is 12.6. The van der Waals surface area contributed by atoms with Gasteiger partial charge in [-0.15, -0.1) is 0 Å². The van der Waals surface area contributed by atoms with Crippen molar-refractivity contribution in [1.82, 2.24) is 0 Å². The smallest absolute Gasteiger partial charge is 0.462 e. The second-order valence-corrected chi connectivity index (χ2v) is 18.1. The van der Waals surface area contributed by atoms with Crippen LogP contribution in [-0.2, 0) is 32.7 Å². The lowest BCUT2D eigenvalue weighted by Gasteiger charge is -2.19. The number of rotatable bonds is 47. The van der Waals surface area contributed by atoms with Gasteiger partial charge in [0, 0.05) is 19.4 Å². The van der Waals surface area contributed by atoms with Crippen molar-refractivity contribution in [2.45, 2.75) is 245 Å². The average molecular weight is 868 g/mol. The van der Waals surface area contributed by atoms with Crippen molar-refractivity contribution < 1.29 is 37.6 Å². The first-order valence-corrected chi connectivity index (χ1v) is 26.5. The zero-order valence-electron chi connectivity index (χ0n) is 38.9. The summed E-state index contributed by atoms with van der Waals surface area (Å²) in [6.45, 7) is 3.74. The van der Waals surface area contributed by atoms with Crippen LogP contribution in [0.15, 0.2) is 36.5 Å². The second-order valence-electron chi connectivity index (χ2n) is 16.7. The van der Waals surface area contributed by atoms with E-state index in [0.717, 1.165) is 70.6 Å². The fourth-order valence-corrected chi connectivity index (χ4v) is 7.82. The van der Waals surface area contributed by atoms with Crippen molar-refractivity contribution in [2.75, 3.05) is 26.4 Å². The van der Waals surface area contributed by atoms with Gasteiger partial charge in [0.05, 0.1) is 13.2 Å². The fraction of sp³-hybridized carbons (Fsp3) is 0.840. The predicted molar refractivity (Wildman–Crippen MR) is 252 cm³/mol. The molecule has 0 rings (SSSR count). The van der Waals surface area contributed by atoms with Crippen LogP contribution < -0.4 is 5.73 Å². The van der Waals surface area contributed by atoms with Gasteiger partial charge in [0.25, 0.3) is 0 Å². The van der Waals surface area contributed by atoms with Gasteiger partial charge in [-0.05, 0) is 51.4 Å².